The third-order valence-corrected chi connectivity index (χ3v) is 3.97. The number of fused-ring (bicyclic) bond motifs is 1. The molecule has 1 atom stereocenters. The second-order valence-corrected chi connectivity index (χ2v) is 5.73. The number of primary amides is 1. The largest absolute Gasteiger partial charge is 0.364 e. The Bertz CT molecular complexity index is 921. The smallest absolute Gasteiger partial charge is 0.270 e. The van der Waals surface area contributed by atoms with Crippen LogP contribution >= 0.6 is 0 Å². The lowest BCUT2D eigenvalue weighted by molar-refractivity contribution is -0.130. The molecule has 0 radical (unpaired) electrons. The van der Waals surface area contributed by atoms with Crippen molar-refractivity contribution in [1.82, 2.24) is 20.5 Å². The van der Waals surface area contributed by atoms with E-state index in [2.05, 4.69) is 10.3 Å². The molecule has 0 saturated carbocycles. The number of rotatable bonds is 6. The Morgan fingerprint density at radius 2 is 1.96 bits per heavy atom. The Kier molecular flexibility index (Phi) is 4.71. The molecule has 1 heterocycles. The van der Waals surface area contributed by atoms with Gasteiger partial charge in [0.2, 0.25) is 5.91 Å². The summed E-state index contributed by atoms with van der Waals surface area (Å²) in [5.74, 6) is -1.25. The van der Waals surface area contributed by atoms with Crippen molar-refractivity contribution < 1.29 is 14.8 Å². The summed E-state index contributed by atoms with van der Waals surface area (Å²) < 4.78 is 1.42. The second-order valence-electron chi connectivity index (χ2n) is 5.73. The molecule has 25 heavy (non-hydrogen) atoms. The van der Waals surface area contributed by atoms with Gasteiger partial charge in [-0.15, -0.1) is 5.10 Å². The van der Waals surface area contributed by atoms with Gasteiger partial charge in [0.05, 0.1) is 18.7 Å². The Balaban J connectivity index is 1.89. The summed E-state index contributed by atoms with van der Waals surface area (Å²) in [5.41, 5.74) is 7.83. The molecule has 0 spiro atoms. The van der Waals surface area contributed by atoms with E-state index in [9.17, 15) is 9.59 Å². The van der Waals surface area contributed by atoms with Crippen molar-refractivity contribution >= 4 is 22.6 Å². The van der Waals surface area contributed by atoms with E-state index >= 15 is 0 Å². The average molecular weight is 339 g/mol. The van der Waals surface area contributed by atoms with Crippen LogP contribution in [0.2, 0.25) is 0 Å². The molecule has 2 aromatic carbocycles. The van der Waals surface area contributed by atoms with Crippen molar-refractivity contribution in [3.05, 3.63) is 59.9 Å². The zero-order chi connectivity index (χ0) is 17.8. The Labute approximate surface area is 143 Å². The quantitative estimate of drug-likeness (QED) is 0.460. The van der Waals surface area contributed by atoms with Crippen LogP contribution in [0.4, 0.5) is 0 Å². The summed E-state index contributed by atoms with van der Waals surface area (Å²) in [4.78, 5) is 22.8. The van der Waals surface area contributed by atoms with Gasteiger partial charge in [-0.25, -0.2) is 10.2 Å². The highest BCUT2D eigenvalue weighted by Crippen LogP contribution is 2.21. The normalized spacial score (nSPS) is 12.0. The van der Waals surface area contributed by atoms with E-state index in [4.69, 9.17) is 10.9 Å². The van der Waals surface area contributed by atoms with Crippen LogP contribution in [0.15, 0.2) is 48.7 Å². The van der Waals surface area contributed by atoms with Crippen molar-refractivity contribution in [1.29, 1.82) is 0 Å². The minimum Gasteiger partial charge on any atom is -0.364 e. The summed E-state index contributed by atoms with van der Waals surface area (Å²) >= 11 is 0. The maximum absolute atomic E-state index is 11.6. The number of hydrogen-bond donors (Lipinski definition) is 3. The van der Waals surface area contributed by atoms with Gasteiger partial charge in [-0.2, -0.15) is 0 Å². The van der Waals surface area contributed by atoms with Gasteiger partial charge in [0.15, 0.2) is 5.69 Å². The van der Waals surface area contributed by atoms with Gasteiger partial charge in [0.25, 0.3) is 5.91 Å². The van der Waals surface area contributed by atoms with Gasteiger partial charge < -0.3 is 5.73 Å². The van der Waals surface area contributed by atoms with E-state index < -0.39 is 17.9 Å². The molecule has 128 valence electrons. The summed E-state index contributed by atoms with van der Waals surface area (Å²) in [6.45, 7) is 0. The molecule has 1 unspecified atom stereocenters. The number of benzene rings is 2. The van der Waals surface area contributed by atoms with Crippen molar-refractivity contribution in [3.8, 4) is 0 Å². The molecule has 4 N–H and O–H groups in total. The molecule has 3 aromatic rings. The van der Waals surface area contributed by atoms with Gasteiger partial charge in [-0.05, 0) is 22.8 Å². The van der Waals surface area contributed by atoms with Crippen LogP contribution in [-0.2, 0) is 11.2 Å². The van der Waals surface area contributed by atoms with E-state index in [1.54, 1.807) is 5.48 Å². The van der Waals surface area contributed by atoms with Crippen LogP contribution in [0.25, 0.3) is 10.8 Å². The van der Waals surface area contributed by atoms with Crippen LogP contribution < -0.4 is 11.2 Å². The molecule has 8 heteroatoms. The molecule has 0 aliphatic carbocycles. The summed E-state index contributed by atoms with van der Waals surface area (Å²) in [5, 5.41) is 18.6. The van der Waals surface area contributed by atoms with Gasteiger partial charge in [-0.3, -0.25) is 14.8 Å². The highest BCUT2D eigenvalue weighted by atomic mass is 16.5. The number of hydroxylamine groups is 1. The van der Waals surface area contributed by atoms with Gasteiger partial charge in [0, 0.05) is 0 Å². The molecule has 0 bridgehead atoms. The molecule has 0 saturated heterocycles. The maximum atomic E-state index is 11.6. The fourth-order valence-electron chi connectivity index (χ4n) is 2.72. The van der Waals surface area contributed by atoms with Gasteiger partial charge >= 0.3 is 0 Å². The van der Waals surface area contributed by atoms with E-state index in [0.717, 1.165) is 16.3 Å². The molecule has 8 nitrogen and oxygen atoms in total. The van der Waals surface area contributed by atoms with Crippen molar-refractivity contribution in [2.75, 3.05) is 0 Å². The second kappa shape index (κ2) is 7.10. The van der Waals surface area contributed by atoms with Crippen LogP contribution in [0.1, 0.15) is 28.5 Å². The lowest BCUT2D eigenvalue weighted by atomic mass is 10.00. The highest BCUT2D eigenvalue weighted by molar-refractivity contribution is 5.90. The SMILES string of the molecule is NC(=O)c1cn(C(CC(=O)NO)Cc2ccc3ccccc3c2)nn1. The summed E-state index contributed by atoms with van der Waals surface area (Å²) in [6, 6.07) is 13.5. The first-order chi connectivity index (χ1) is 12.1. The number of aromatic nitrogens is 3. The molecule has 0 fully saturated rings. The standard InChI is InChI=1S/C17H17N5O3/c18-17(24)15-10-22(21-19-15)14(9-16(23)20-25)8-11-5-6-12-3-1-2-4-13(12)7-11/h1-7,10,14,25H,8-9H2,(H2,18,24)(H,20,23). The fourth-order valence-corrected chi connectivity index (χ4v) is 2.72. The zero-order valence-electron chi connectivity index (χ0n) is 13.3. The monoisotopic (exact) mass is 339 g/mol. The molecular weight excluding hydrogens is 322 g/mol. The maximum Gasteiger partial charge on any atom is 0.270 e. The molecular formula is C17H17N5O3. The number of carbonyl (C=O) groups is 2. The first kappa shape index (κ1) is 16.6. The minimum absolute atomic E-state index is 0.0212. The minimum atomic E-state index is -0.692. The Morgan fingerprint density at radius 3 is 2.64 bits per heavy atom. The highest BCUT2D eigenvalue weighted by Gasteiger charge is 2.19. The number of hydrogen-bond acceptors (Lipinski definition) is 5. The number of carbonyl (C=O) groups excluding carboxylic acids is 2. The van der Waals surface area contributed by atoms with Crippen LogP contribution in [0, 0.1) is 0 Å². The summed E-state index contributed by atoms with van der Waals surface area (Å²) in [7, 11) is 0. The first-order valence-corrected chi connectivity index (χ1v) is 7.69. The predicted molar refractivity (Wildman–Crippen MR) is 89.8 cm³/mol. The number of nitrogens with one attached hydrogen (secondary N) is 1. The number of nitrogens with two attached hydrogens (primary N) is 1. The van der Waals surface area contributed by atoms with E-state index in [0.29, 0.717) is 6.42 Å². The van der Waals surface area contributed by atoms with Gasteiger partial charge in [-0.1, -0.05) is 47.7 Å². The molecule has 2 amide bonds. The summed E-state index contributed by atoms with van der Waals surface area (Å²) in [6.07, 6.45) is 1.85. The number of amides is 2. The van der Waals surface area contributed by atoms with Crippen LogP contribution in [-0.4, -0.2) is 32.0 Å². The third-order valence-electron chi connectivity index (χ3n) is 3.97. The molecule has 3 rings (SSSR count). The number of nitrogens with zero attached hydrogens (tertiary/aromatic N) is 3. The Hall–Kier alpha value is -3.26. The predicted octanol–water partition coefficient (Wildman–Crippen LogP) is 1.21. The van der Waals surface area contributed by atoms with Gasteiger partial charge in [0.1, 0.15) is 0 Å². The molecule has 0 aliphatic heterocycles. The zero-order valence-corrected chi connectivity index (χ0v) is 13.3. The van der Waals surface area contributed by atoms with Crippen LogP contribution in [0.3, 0.4) is 0 Å². The average Bonchev–Trinajstić information content (AvgIpc) is 3.11. The topological polar surface area (TPSA) is 123 Å². The van der Waals surface area contributed by atoms with Crippen molar-refractivity contribution in [2.24, 2.45) is 5.73 Å². The Morgan fingerprint density at radius 1 is 1.20 bits per heavy atom. The third kappa shape index (κ3) is 3.81. The first-order valence-electron chi connectivity index (χ1n) is 7.69. The van der Waals surface area contributed by atoms with E-state index in [1.165, 1.54) is 10.9 Å². The van der Waals surface area contributed by atoms with Crippen molar-refractivity contribution in [3.63, 3.8) is 0 Å². The fraction of sp³-hybridized carbons (Fsp3) is 0.176. The van der Waals surface area contributed by atoms with Crippen molar-refractivity contribution in [2.45, 2.75) is 18.9 Å². The van der Waals surface area contributed by atoms with E-state index in [1.807, 2.05) is 42.5 Å². The lowest BCUT2D eigenvalue weighted by Gasteiger charge is -2.16. The molecule has 0 aliphatic rings. The van der Waals surface area contributed by atoms with Crippen LogP contribution in [0.5, 0.6) is 0 Å². The lowest BCUT2D eigenvalue weighted by Crippen LogP contribution is -2.25. The van der Waals surface area contributed by atoms with E-state index in [-0.39, 0.29) is 12.1 Å². The molecule has 1 aromatic heterocycles.